The van der Waals surface area contributed by atoms with E-state index in [2.05, 4.69) is 4.98 Å². The van der Waals surface area contributed by atoms with Gasteiger partial charge in [-0.15, -0.1) is 0 Å². The number of aromatic nitrogens is 1. The molecule has 122 valence electrons. The molecule has 2 aromatic rings. The number of methoxy groups -OCH3 is 2. The second-order valence-corrected chi connectivity index (χ2v) is 5.83. The van der Waals surface area contributed by atoms with Crippen molar-refractivity contribution in [3.05, 3.63) is 54.2 Å². The minimum atomic E-state index is -0.470. The van der Waals surface area contributed by atoms with Gasteiger partial charge in [0.05, 0.1) is 38.2 Å². The highest BCUT2D eigenvalue weighted by Crippen LogP contribution is 2.27. The number of pyridine rings is 1. The van der Waals surface area contributed by atoms with Crippen LogP contribution in [0.3, 0.4) is 0 Å². The van der Waals surface area contributed by atoms with Gasteiger partial charge in [0, 0.05) is 12.6 Å². The first-order chi connectivity index (χ1) is 11.1. The topological polar surface area (TPSA) is 54.9 Å². The van der Waals surface area contributed by atoms with E-state index in [1.807, 2.05) is 41.7 Å². The maximum Gasteiger partial charge on any atom is 0.425 e. The van der Waals surface area contributed by atoms with E-state index in [1.165, 1.54) is 23.5 Å². The molecule has 23 heavy (non-hydrogen) atoms. The lowest BCUT2D eigenvalue weighted by Crippen LogP contribution is -2.28. The van der Waals surface area contributed by atoms with E-state index in [4.69, 9.17) is 9.47 Å². The average molecular weight is 333 g/mol. The average Bonchev–Trinajstić information content (AvgIpc) is 2.60. The first-order valence-electron chi connectivity index (χ1n) is 6.95. The van der Waals surface area contributed by atoms with E-state index in [9.17, 15) is 4.79 Å². The maximum atomic E-state index is 12.1. The Kier molecular flexibility index (Phi) is 6.25. The number of benzene rings is 1. The predicted octanol–water partition coefficient (Wildman–Crippen LogP) is 3.36. The van der Waals surface area contributed by atoms with E-state index in [0.29, 0.717) is 18.1 Å². The van der Waals surface area contributed by atoms with Gasteiger partial charge in [0.15, 0.2) is 0 Å². The van der Waals surface area contributed by atoms with E-state index in [1.54, 1.807) is 25.4 Å². The van der Waals surface area contributed by atoms with Gasteiger partial charge < -0.3 is 9.47 Å². The Hall–Kier alpha value is -2.25. The zero-order valence-corrected chi connectivity index (χ0v) is 14.1. The molecule has 1 aromatic heterocycles. The predicted molar refractivity (Wildman–Crippen MR) is 91.2 cm³/mol. The number of carbonyl (C=O) groups excluding carboxylic acids is 1. The number of anilines is 1. The lowest BCUT2D eigenvalue weighted by atomic mass is 10.2. The molecule has 0 radical (unpaired) electrons. The van der Waals surface area contributed by atoms with Crippen LogP contribution in [0.1, 0.15) is 5.56 Å². The summed E-state index contributed by atoms with van der Waals surface area (Å²) in [7, 11) is 4.80. The number of nitrogens with zero attached hydrogens (tertiary/aromatic N) is 3. The molecule has 0 N–H and O–H groups in total. The fraction of sp³-hybridized carbons (Fsp3) is 0.250. The van der Waals surface area contributed by atoms with Crippen molar-refractivity contribution < 1.29 is 14.3 Å². The molecule has 2 rings (SSSR count). The van der Waals surface area contributed by atoms with Crippen molar-refractivity contribution in [2.24, 2.45) is 0 Å². The van der Waals surface area contributed by atoms with E-state index < -0.39 is 6.09 Å². The molecule has 1 heterocycles. The lowest BCUT2D eigenvalue weighted by Gasteiger charge is -2.24. The van der Waals surface area contributed by atoms with Crippen LogP contribution < -0.4 is 9.04 Å². The van der Waals surface area contributed by atoms with Crippen LogP contribution in [0.15, 0.2) is 48.7 Å². The van der Waals surface area contributed by atoms with Crippen LogP contribution in [0.25, 0.3) is 0 Å². The van der Waals surface area contributed by atoms with Gasteiger partial charge in [-0.2, -0.15) is 0 Å². The highest BCUT2D eigenvalue weighted by Gasteiger charge is 2.20. The van der Waals surface area contributed by atoms with Gasteiger partial charge in [-0.25, -0.2) is 18.4 Å². The second-order valence-electron chi connectivity index (χ2n) is 4.68. The normalized spacial score (nSPS) is 10.4. The van der Waals surface area contributed by atoms with Gasteiger partial charge in [-0.1, -0.05) is 30.3 Å². The second kappa shape index (κ2) is 8.40. The summed E-state index contributed by atoms with van der Waals surface area (Å²) in [6.45, 7) is 0.683. The smallest absolute Gasteiger partial charge is 0.425 e. The lowest BCUT2D eigenvalue weighted by molar-refractivity contribution is 0.183. The third-order valence-electron chi connectivity index (χ3n) is 2.97. The summed E-state index contributed by atoms with van der Waals surface area (Å²) in [5.74, 6) is 0.487. The van der Waals surface area contributed by atoms with Gasteiger partial charge in [0.2, 0.25) is 5.88 Å². The fourth-order valence-corrected chi connectivity index (χ4v) is 2.72. The minimum absolute atomic E-state index is 0.470. The summed E-state index contributed by atoms with van der Waals surface area (Å²) in [5.41, 5.74) is 1.77. The number of amides is 1. The van der Waals surface area contributed by atoms with Gasteiger partial charge in [-0.05, 0) is 18.7 Å². The Bertz CT molecular complexity index is 622. The Morgan fingerprint density at radius 3 is 2.48 bits per heavy atom. The third-order valence-corrected chi connectivity index (χ3v) is 3.90. The first kappa shape index (κ1) is 17.1. The molecule has 0 atom stereocenters. The zero-order valence-electron chi connectivity index (χ0n) is 13.3. The minimum Gasteiger partial charge on any atom is -0.481 e. The van der Waals surface area contributed by atoms with Crippen molar-refractivity contribution in [3.8, 4) is 5.88 Å². The van der Waals surface area contributed by atoms with Gasteiger partial charge in [-0.3, -0.25) is 0 Å². The highest BCUT2D eigenvalue weighted by molar-refractivity contribution is 7.99. The summed E-state index contributed by atoms with van der Waals surface area (Å²) in [6.07, 6.45) is 1.10. The molecule has 0 aliphatic heterocycles. The highest BCUT2D eigenvalue weighted by atomic mass is 32.2. The Morgan fingerprint density at radius 2 is 1.91 bits per heavy atom. The van der Waals surface area contributed by atoms with Crippen LogP contribution in [-0.2, 0) is 11.3 Å². The third kappa shape index (κ3) is 4.87. The van der Waals surface area contributed by atoms with Crippen molar-refractivity contribution in [1.82, 2.24) is 9.29 Å². The van der Waals surface area contributed by atoms with Crippen LogP contribution in [0.2, 0.25) is 0 Å². The molecule has 0 bridgehead atoms. The molecule has 0 aliphatic carbocycles. The number of rotatable bonds is 6. The van der Waals surface area contributed by atoms with Crippen molar-refractivity contribution in [1.29, 1.82) is 0 Å². The maximum absolute atomic E-state index is 12.1. The molecule has 1 amide bonds. The number of ether oxygens (including phenoxy) is 2. The SMILES string of the molecule is COC(=O)N(SN(C)Cc1ccccc1)c1ccc(OC)nc1. The van der Waals surface area contributed by atoms with Crippen LogP contribution in [-0.4, -0.2) is 36.6 Å². The monoisotopic (exact) mass is 333 g/mol. The number of hydrogen-bond acceptors (Lipinski definition) is 6. The summed E-state index contributed by atoms with van der Waals surface area (Å²) in [5, 5.41) is 0. The molecule has 1 aromatic carbocycles. The fourth-order valence-electron chi connectivity index (χ4n) is 1.89. The van der Waals surface area contributed by atoms with Crippen molar-refractivity contribution in [2.75, 3.05) is 25.6 Å². The molecule has 0 spiro atoms. The molecule has 0 unspecified atom stereocenters. The van der Waals surface area contributed by atoms with Crippen LogP contribution in [0.5, 0.6) is 5.88 Å². The zero-order chi connectivity index (χ0) is 16.7. The van der Waals surface area contributed by atoms with Crippen LogP contribution >= 0.6 is 12.1 Å². The molecule has 0 saturated heterocycles. The molecule has 7 heteroatoms. The van der Waals surface area contributed by atoms with E-state index >= 15 is 0 Å². The standard InChI is InChI=1S/C16H19N3O3S/c1-18(12-13-7-5-4-6-8-13)23-19(16(20)22-3)14-9-10-15(21-2)17-11-14/h4-11H,12H2,1-3H3. The molecular formula is C16H19N3O3S. The van der Waals surface area contributed by atoms with Gasteiger partial charge in [0.1, 0.15) is 0 Å². The Morgan fingerprint density at radius 1 is 1.17 bits per heavy atom. The Balaban J connectivity index is 2.10. The Labute approximate surface area is 140 Å². The molecule has 0 aliphatic rings. The van der Waals surface area contributed by atoms with E-state index in [-0.39, 0.29) is 0 Å². The summed E-state index contributed by atoms with van der Waals surface area (Å²) in [4.78, 5) is 16.2. The summed E-state index contributed by atoms with van der Waals surface area (Å²) >= 11 is 1.25. The first-order valence-corrected chi connectivity index (χ1v) is 7.68. The summed E-state index contributed by atoms with van der Waals surface area (Å²) in [6, 6.07) is 13.5. The van der Waals surface area contributed by atoms with Gasteiger partial charge in [0.25, 0.3) is 0 Å². The van der Waals surface area contributed by atoms with Crippen molar-refractivity contribution in [2.45, 2.75) is 6.54 Å². The van der Waals surface area contributed by atoms with Gasteiger partial charge >= 0.3 is 6.09 Å². The van der Waals surface area contributed by atoms with Crippen molar-refractivity contribution in [3.63, 3.8) is 0 Å². The van der Waals surface area contributed by atoms with Crippen molar-refractivity contribution >= 4 is 23.9 Å². The largest absolute Gasteiger partial charge is 0.481 e. The molecule has 6 nitrogen and oxygen atoms in total. The quantitative estimate of drug-likeness (QED) is 0.756. The summed E-state index contributed by atoms with van der Waals surface area (Å²) < 4.78 is 13.3. The molecular weight excluding hydrogens is 314 g/mol. The molecule has 0 saturated carbocycles. The van der Waals surface area contributed by atoms with Crippen LogP contribution in [0.4, 0.5) is 10.5 Å². The van der Waals surface area contributed by atoms with Crippen LogP contribution in [0, 0.1) is 0 Å². The number of carbonyl (C=O) groups is 1. The molecule has 0 fully saturated rings. The number of hydrogen-bond donors (Lipinski definition) is 0. The van der Waals surface area contributed by atoms with E-state index in [0.717, 1.165) is 5.56 Å².